The van der Waals surface area contributed by atoms with Crippen molar-refractivity contribution in [1.29, 1.82) is 0 Å². The van der Waals surface area contributed by atoms with E-state index >= 15 is 0 Å². The molecule has 5 nitrogen and oxygen atoms in total. The van der Waals surface area contributed by atoms with Gasteiger partial charge in [0.25, 0.3) is 5.91 Å². The molecule has 0 atom stereocenters. The largest absolute Gasteiger partial charge is 0.294 e. The number of nitrogens with zero attached hydrogens (tertiary/aromatic N) is 2. The van der Waals surface area contributed by atoms with Crippen LogP contribution >= 0.6 is 11.8 Å². The summed E-state index contributed by atoms with van der Waals surface area (Å²) in [6.45, 7) is 0. The lowest BCUT2D eigenvalue weighted by Gasteiger charge is -2.02. The average Bonchev–Trinajstić information content (AvgIpc) is 2.39. The number of benzene rings is 1. The molecule has 1 aromatic carbocycles. The van der Waals surface area contributed by atoms with E-state index < -0.39 is 5.91 Å². The van der Waals surface area contributed by atoms with Crippen molar-refractivity contribution < 1.29 is 10.0 Å². The Morgan fingerprint density at radius 2 is 2.00 bits per heavy atom. The van der Waals surface area contributed by atoms with E-state index in [2.05, 4.69) is 9.97 Å². The van der Waals surface area contributed by atoms with Crippen LogP contribution in [0.2, 0.25) is 0 Å². The number of rotatable bonds is 3. The van der Waals surface area contributed by atoms with E-state index in [0.29, 0.717) is 5.03 Å². The molecule has 1 aromatic heterocycles. The van der Waals surface area contributed by atoms with Crippen LogP contribution in [-0.4, -0.2) is 21.1 Å². The first-order chi connectivity index (χ1) is 8.29. The minimum absolute atomic E-state index is 0.0773. The summed E-state index contributed by atoms with van der Waals surface area (Å²) in [6, 6.07) is 9.63. The fraction of sp³-hybridized carbons (Fsp3) is 0. The molecule has 0 saturated carbocycles. The quantitative estimate of drug-likeness (QED) is 0.638. The molecule has 6 heteroatoms. The highest BCUT2D eigenvalue weighted by molar-refractivity contribution is 7.99. The van der Waals surface area contributed by atoms with Crippen molar-refractivity contribution in [2.24, 2.45) is 0 Å². The van der Waals surface area contributed by atoms with Crippen LogP contribution in [0.1, 0.15) is 10.5 Å². The lowest BCUT2D eigenvalue weighted by atomic mass is 10.4. The van der Waals surface area contributed by atoms with Gasteiger partial charge in [0.1, 0.15) is 10.7 Å². The van der Waals surface area contributed by atoms with Crippen LogP contribution in [0, 0.1) is 0 Å². The van der Waals surface area contributed by atoms with Crippen LogP contribution < -0.4 is 5.48 Å². The third kappa shape index (κ3) is 3.02. The van der Waals surface area contributed by atoms with Crippen molar-refractivity contribution in [2.45, 2.75) is 9.92 Å². The molecular formula is C11H9N3O2S. The summed E-state index contributed by atoms with van der Waals surface area (Å²) in [6.07, 6.45) is 2.85. The number of hydrogen-bond donors (Lipinski definition) is 2. The highest BCUT2D eigenvalue weighted by Crippen LogP contribution is 2.24. The van der Waals surface area contributed by atoms with Gasteiger partial charge in [-0.2, -0.15) is 0 Å². The van der Waals surface area contributed by atoms with Crippen molar-refractivity contribution >= 4 is 17.7 Å². The minimum Gasteiger partial charge on any atom is -0.288 e. The molecule has 0 saturated heterocycles. The van der Waals surface area contributed by atoms with E-state index in [1.165, 1.54) is 23.4 Å². The summed E-state index contributed by atoms with van der Waals surface area (Å²) in [5.74, 6) is -0.673. The number of carbonyl (C=O) groups excluding carboxylic acids is 1. The van der Waals surface area contributed by atoms with Crippen molar-refractivity contribution in [1.82, 2.24) is 15.4 Å². The first kappa shape index (κ1) is 11.6. The van der Waals surface area contributed by atoms with Gasteiger partial charge in [-0.15, -0.1) is 0 Å². The van der Waals surface area contributed by atoms with E-state index in [1.807, 2.05) is 30.3 Å². The summed E-state index contributed by atoms with van der Waals surface area (Å²) < 4.78 is 0. The van der Waals surface area contributed by atoms with Crippen molar-refractivity contribution in [3.05, 3.63) is 48.4 Å². The summed E-state index contributed by atoms with van der Waals surface area (Å²) >= 11 is 1.39. The molecule has 86 valence electrons. The number of nitrogens with one attached hydrogen (secondary N) is 1. The first-order valence-electron chi connectivity index (χ1n) is 4.79. The Morgan fingerprint density at radius 1 is 1.24 bits per heavy atom. The van der Waals surface area contributed by atoms with Gasteiger partial charge in [0, 0.05) is 4.90 Å². The Hall–Kier alpha value is -1.92. The van der Waals surface area contributed by atoms with Crippen LogP contribution in [0.5, 0.6) is 0 Å². The lowest BCUT2D eigenvalue weighted by Crippen LogP contribution is -2.20. The van der Waals surface area contributed by atoms with Gasteiger partial charge in [-0.25, -0.2) is 10.5 Å². The third-order valence-electron chi connectivity index (χ3n) is 1.91. The first-order valence-corrected chi connectivity index (χ1v) is 5.60. The highest BCUT2D eigenvalue weighted by atomic mass is 32.2. The molecule has 1 amide bonds. The fourth-order valence-electron chi connectivity index (χ4n) is 1.17. The number of amides is 1. The lowest BCUT2D eigenvalue weighted by molar-refractivity contribution is 0.0699. The van der Waals surface area contributed by atoms with Gasteiger partial charge in [0.2, 0.25) is 0 Å². The molecular weight excluding hydrogens is 238 g/mol. The average molecular weight is 247 g/mol. The molecule has 1 heterocycles. The van der Waals surface area contributed by atoms with Crippen molar-refractivity contribution in [3.63, 3.8) is 0 Å². The molecule has 0 aliphatic rings. The van der Waals surface area contributed by atoms with Gasteiger partial charge in [0.05, 0.1) is 12.4 Å². The number of hydrogen-bond acceptors (Lipinski definition) is 5. The molecule has 0 aliphatic heterocycles. The van der Waals surface area contributed by atoms with Gasteiger partial charge in [0.15, 0.2) is 0 Å². The molecule has 0 unspecified atom stereocenters. The van der Waals surface area contributed by atoms with Gasteiger partial charge in [-0.05, 0) is 12.1 Å². The Labute approximate surface area is 102 Å². The SMILES string of the molecule is O=C(NO)c1cncc(Sc2ccccc2)n1. The second-order valence-electron chi connectivity index (χ2n) is 3.10. The molecule has 17 heavy (non-hydrogen) atoms. The summed E-state index contributed by atoms with van der Waals surface area (Å²) in [5, 5.41) is 9.09. The standard InChI is InChI=1S/C11H9N3O2S/c15-11(14-16)9-6-12-7-10(13-9)17-8-4-2-1-3-5-8/h1-7,16H,(H,14,15). The Bertz CT molecular complexity index is 519. The Morgan fingerprint density at radius 3 is 2.71 bits per heavy atom. The number of carbonyl (C=O) groups is 1. The van der Waals surface area contributed by atoms with Gasteiger partial charge >= 0.3 is 0 Å². The van der Waals surface area contributed by atoms with E-state index in [-0.39, 0.29) is 5.69 Å². The second kappa shape index (κ2) is 5.42. The van der Waals surface area contributed by atoms with Gasteiger partial charge < -0.3 is 0 Å². The maximum atomic E-state index is 11.1. The number of hydroxylamine groups is 1. The Balaban J connectivity index is 2.20. The summed E-state index contributed by atoms with van der Waals surface area (Å²) in [4.78, 5) is 20.1. The maximum Gasteiger partial charge on any atom is 0.294 e. The summed E-state index contributed by atoms with van der Waals surface area (Å²) in [7, 11) is 0. The molecule has 0 radical (unpaired) electrons. The summed E-state index contributed by atoms with van der Waals surface area (Å²) in [5.41, 5.74) is 1.60. The highest BCUT2D eigenvalue weighted by Gasteiger charge is 2.07. The smallest absolute Gasteiger partial charge is 0.288 e. The molecule has 0 spiro atoms. The van der Waals surface area contributed by atoms with E-state index in [9.17, 15) is 4.79 Å². The normalized spacial score (nSPS) is 9.94. The van der Waals surface area contributed by atoms with Gasteiger partial charge in [-0.3, -0.25) is 15.0 Å². The maximum absolute atomic E-state index is 11.1. The van der Waals surface area contributed by atoms with Gasteiger partial charge in [-0.1, -0.05) is 30.0 Å². The van der Waals surface area contributed by atoms with Crippen LogP contribution in [0.25, 0.3) is 0 Å². The van der Waals surface area contributed by atoms with E-state index in [1.54, 1.807) is 6.20 Å². The minimum atomic E-state index is -0.673. The predicted molar refractivity (Wildman–Crippen MR) is 61.8 cm³/mol. The van der Waals surface area contributed by atoms with Crippen LogP contribution in [0.15, 0.2) is 52.6 Å². The zero-order valence-corrected chi connectivity index (χ0v) is 9.52. The van der Waals surface area contributed by atoms with Crippen LogP contribution in [0.4, 0.5) is 0 Å². The molecule has 0 aliphatic carbocycles. The van der Waals surface area contributed by atoms with E-state index in [0.717, 1.165) is 4.90 Å². The van der Waals surface area contributed by atoms with Crippen molar-refractivity contribution in [2.75, 3.05) is 0 Å². The zero-order chi connectivity index (χ0) is 12.1. The molecule has 2 N–H and O–H groups in total. The van der Waals surface area contributed by atoms with Crippen LogP contribution in [0.3, 0.4) is 0 Å². The topological polar surface area (TPSA) is 75.1 Å². The Kier molecular flexibility index (Phi) is 3.69. The van der Waals surface area contributed by atoms with E-state index in [4.69, 9.17) is 5.21 Å². The molecule has 0 fully saturated rings. The second-order valence-corrected chi connectivity index (χ2v) is 4.19. The number of aromatic nitrogens is 2. The monoisotopic (exact) mass is 247 g/mol. The predicted octanol–water partition coefficient (Wildman–Crippen LogP) is 1.75. The molecule has 2 aromatic rings. The van der Waals surface area contributed by atoms with Crippen molar-refractivity contribution in [3.8, 4) is 0 Å². The molecule has 2 rings (SSSR count). The third-order valence-corrected chi connectivity index (χ3v) is 2.83. The van der Waals surface area contributed by atoms with Crippen LogP contribution in [-0.2, 0) is 0 Å². The zero-order valence-electron chi connectivity index (χ0n) is 8.70. The fourth-order valence-corrected chi connectivity index (χ4v) is 1.97. The molecule has 0 bridgehead atoms.